The summed E-state index contributed by atoms with van der Waals surface area (Å²) >= 11 is 0. The second kappa shape index (κ2) is 42.9. The minimum absolute atomic E-state index is 0.0262. The predicted molar refractivity (Wildman–Crippen MR) is 505 cm³/mol. The van der Waals surface area contributed by atoms with Crippen molar-refractivity contribution in [3.05, 3.63) is 266 Å². The lowest BCUT2D eigenvalue weighted by Gasteiger charge is -2.28. The van der Waals surface area contributed by atoms with Crippen molar-refractivity contribution >= 4 is 95.9 Å². The number of rotatable bonds is 20. The minimum Gasteiger partial charge on any atom is -0.507 e. The molecule has 0 aromatic heterocycles. The van der Waals surface area contributed by atoms with Gasteiger partial charge in [-0.15, -0.1) is 0 Å². The van der Waals surface area contributed by atoms with Gasteiger partial charge in [0.25, 0.3) is 0 Å². The molecular formula is C98H132F4N5O5P5. The Morgan fingerprint density at radius 2 is 0.573 bits per heavy atom. The maximum absolute atomic E-state index is 13.6. The average Bonchev–Trinajstić information content (AvgIpc) is 0.780. The Bertz CT molecular complexity index is 4880. The first-order valence-corrected chi connectivity index (χ1v) is 45.0. The van der Waals surface area contributed by atoms with Gasteiger partial charge >= 0.3 is 0 Å². The number of hydrogen-bond donors (Lipinski definition) is 10. The average molecular weight is 1690 g/mol. The Balaban J connectivity index is 0.000000228. The van der Waals surface area contributed by atoms with Crippen LogP contribution in [0.3, 0.4) is 0 Å². The lowest BCUT2D eigenvalue weighted by molar-refractivity contribution is 0.424. The highest BCUT2D eigenvalue weighted by atomic mass is 31.1. The van der Waals surface area contributed by atoms with Crippen molar-refractivity contribution in [3.63, 3.8) is 0 Å². The SMILES string of the molecule is CC(C)(C)NCc1cc(F)ccc1Pc1ccccc1O.Cc1cc(C)c(O)c(Pc2ccc(F)cc2CNC(C)(C)C)c1.Cc1ccc(O)c(Pc2ccc(F)cc2CNC(C)(C)C)c1.Cc1ccc(Pc2cc(C(C)(C)C)cc(C(C)(C)C)c2O)c(CNC(C)(C)C)c1.Cc1cccc(Pc2ccc(F)cc2CNC(C)(C)C)c1O. The summed E-state index contributed by atoms with van der Waals surface area (Å²) < 4.78 is 54.3. The van der Waals surface area contributed by atoms with Crippen LogP contribution in [0.5, 0.6) is 28.7 Å². The Morgan fingerprint density at radius 3 is 0.966 bits per heavy atom. The highest BCUT2D eigenvalue weighted by molar-refractivity contribution is 7.57. The van der Waals surface area contributed by atoms with Gasteiger partial charge in [0.15, 0.2) is 0 Å². The molecule has 0 fully saturated rings. The zero-order valence-electron chi connectivity index (χ0n) is 74.0. The number of para-hydroxylation sites is 2. The fourth-order valence-electron chi connectivity index (χ4n) is 11.7. The van der Waals surface area contributed by atoms with Crippen molar-refractivity contribution in [2.75, 3.05) is 0 Å². The molecule has 5 atom stereocenters. The van der Waals surface area contributed by atoms with Gasteiger partial charge in [0.05, 0.1) is 0 Å². The molecule has 0 saturated carbocycles. The van der Waals surface area contributed by atoms with Crippen LogP contribution in [-0.4, -0.2) is 53.2 Å². The lowest BCUT2D eigenvalue weighted by atomic mass is 9.80. The van der Waals surface area contributed by atoms with Crippen molar-refractivity contribution in [3.8, 4) is 28.7 Å². The van der Waals surface area contributed by atoms with E-state index in [4.69, 9.17) is 0 Å². The van der Waals surface area contributed by atoms with E-state index in [9.17, 15) is 43.1 Å². The van der Waals surface area contributed by atoms with Crippen molar-refractivity contribution in [1.82, 2.24) is 26.6 Å². The van der Waals surface area contributed by atoms with Crippen LogP contribution in [0.1, 0.15) is 212 Å². The molecule has 19 heteroatoms. The van der Waals surface area contributed by atoms with Gasteiger partial charge in [-0.1, -0.05) is 193 Å². The fourth-order valence-corrected chi connectivity index (χ4v) is 18.1. The van der Waals surface area contributed by atoms with E-state index in [1.54, 1.807) is 48.5 Å². The molecule has 0 bridgehead atoms. The van der Waals surface area contributed by atoms with E-state index in [0.29, 0.717) is 92.1 Å². The fraction of sp³-hybridized carbons (Fsp3) is 0.388. The second-order valence-electron chi connectivity index (χ2n) is 37.4. The van der Waals surface area contributed by atoms with Crippen LogP contribution in [0.4, 0.5) is 17.6 Å². The number of nitrogens with one attached hydrogen (secondary N) is 5. The van der Waals surface area contributed by atoms with Crippen LogP contribution in [0.2, 0.25) is 0 Å². The molecular weight excluding hydrogens is 1560 g/mol. The molecule has 0 aliphatic carbocycles. The van der Waals surface area contributed by atoms with Gasteiger partial charge in [-0.05, 0) is 305 Å². The molecule has 0 aliphatic rings. The molecule has 0 saturated heterocycles. The molecule has 632 valence electrons. The number of hydrogen-bond acceptors (Lipinski definition) is 10. The molecule has 0 aliphatic heterocycles. The van der Waals surface area contributed by atoms with Gasteiger partial charge in [0.1, 0.15) is 52.0 Å². The molecule has 0 spiro atoms. The summed E-state index contributed by atoms with van der Waals surface area (Å²) in [7, 11) is 1.64. The van der Waals surface area contributed by atoms with Crippen molar-refractivity contribution < 1.29 is 43.1 Å². The first kappa shape index (κ1) is 98.7. The molecule has 0 amide bonds. The van der Waals surface area contributed by atoms with Crippen molar-refractivity contribution in [2.24, 2.45) is 0 Å². The predicted octanol–water partition coefficient (Wildman–Crippen LogP) is 19.2. The standard InChI is InChI=1S/C26H40NOP.C19H25FNOP.2C18H23FNOP.C17H21FNOP/c1-17-11-12-21(18(13-17)16-27-26(8,9)10)29-22-15-19(24(2,3)4)14-20(23(22)28)25(5,6)7;1-12-8-13(2)18(22)17(9-12)23-16-7-6-15(20)10-14(16)11-21-19(3,4)5;1-12-5-7-15(21)17(9-12)22-16-8-6-14(19)10-13(16)11-20-18(2,3)4;1-12-6-5-7-16(17(12)21)22-15-9-8-14(19)10-13(15)11-20-18(2,3)4;1-17(2,3)19-11-12-10-13(18)8-9-15(12)21-16-7-5-4-6-14(16)20/h11-15,27-29H,16H2,1-10H3;6-10,21-23H,11H2,1-5H3;2*5-10,20-22H,11H2,1-4H3;4-10,19-21H,11H2,1-3H3. The highest BCUT2D eigenvalue weighted by Gasteiger charge is 2.27. The topological polar surface area (TPSA) is 161 Å². The molecule has 10 rings (SSSR count). The summed E-state index contributed by atoms with van der Waals surface area (Å²) in [5, 5.41) is 78.9. The van der Waals surface area contributed by atoms with Crippen LogP contribution in [0.15, 0.2) is 176 Å². The second-order valence-corrected chi connectivity index (χ2v) is 44.1. The summed E-state index contributed by atoms with van der Waals surface area (Å²) in [6.07, 6.45) is 0. The molecule has 117 heavy (non-hydrogen) atoms. The Hall–Kier alpha value is -7.13. The van der Waals surface area contributed by atoms with Crippen LogP contribution in [0, 0.1) is 57.9 Å². The molecule has 5 unspecified atom stereocenters. The number of aromatic hydroxyl groups is 5. The van der Waals surface area contributed by atoms with Crippen LogP contribution in [0.25, 0.3) is 0 Å². The molecule has 10 aromatic carbocycles. The normalized spacial score (nSPS) is 12.5. The number of phenolic OH excluding ortho intramolecular Hbond substituents is 5. The van der Waals surface area contributed by atoms with Gasteiger partial charge in [0, 0.05) is 92.5 Å². The zero-order chi connectivity index (χ0) is 87.5. The van der Waals surface area contributed by atoms with E-state index >= 15 is 0 Å². The smallest absolute Gasteiger partial charge is 0.127 e. The van der Waals surface area contributed by atoms with Crippen LogP contribution >= 0.6 is 42.9 Å². The molecule has 10 nitrogen and oxygen atoms in total. The minimum atomic E-state index is -0.230. The third-order valence-electron chi connectivity index (χ3n) is 18.4. The van der Waals surface area contributed by atoms with Crippen molar-refractivity contribution in [1.29, 1.82) is 0 Å². The van der Waals surface area contributed by atoms with Gasteiger partial charge in [-0.25, -0.2) is 17.6 Å². The van der Waals surface area contributed by atoms with Gasteiger partial charge in [-0.3, -0.25) is 0 Å². The van der Waals surface area contributed by atoms with E-state index in [-0.39, 0.29) is 67.5 Å². The Morgan fingerprint density at radius 1 is 0.256 bits per heavy atom. The number of phenols is 5. The summed E-state index contributed by atoms with van der Waals surface area (Å²) in [6.45, 7) is 58.0. The first-order valence-electron chi connectivity index (χ1n) is 40.0. The van der Waals surface area contributed by atoms with E-state index in [2.05, 4.69) is 209 Å². The number of halogens is 4. The molecule has 0 heterocycles. The monoisotopic (exact) mass is 1690 g/mol. The van der Waals surface area contributed by atoms with Gasteiger partial charge < -0.3 is 52.1 Å². The van der Waals surface area contributed by atoms with Gasteiger partial charge in [0.2, 0.25) is 0 Å². The summed E-state index contributed by atoms with van der Waals surface area (Å²) in [6, 6.07) is 53.2. The van der Waals surface area contributed by atoms with E-state index < -0.39 is 0 Å². The Labute approximate surface area is 707 Å². The maximum Gasteiger partial charge on any atom is 0.127 e. The van der Waals surface area contributed by atoms with E-state index in [1.165, 1.54) is 46.3 Å². The van der Waals surface area contributed by atoms with Crippen molar-refractivity contribution in [2.45, 2.75) is 251 Å². The quantitative estimate of drug-likeness (QED) is 0.0263. The largest absolute Gasteiger partial charge is 0.507 e. The lowest BCUT2D eigenvalue weighted by Crippen LogP contribution is -2.36. The highest BCUT2D eigenvalue weighted by Crippen LogP contribution is 2.38. The third-order valence-corrected chi connectivity index (χ3v) is 25.6. The molecule has 0 radical (unpaired) electrons. The summed E-state index contributed by atoms with van der Waals surface area (Å²) in [4.78, 5) is 0. The summed E-state index contributed by atoms with van der Waals surface area (Å²) in [5.41, 5.74) is 12.5. The maximum atomic E-state index is 13.6. The van der Waals surface area contributed by atoms with Crippen LogP contribution in [-0.2, 0) is 43.6 Å². The van der Waals surface area contributed by atoms with Gasteiger partial charge in [-0.2, -0.15) is 0 Å². The number of aryl methyl sites for hydroxylation is 5. The molecule has 10 aromatic rings. The molecule has 10 N–H and O–H groups in total. The Kier molecular flexibility index (Phi) is 36.2. The zero-order valence-corrected chi connectivity index (χ0v) is 79.0. The number of benzene rings is 10. The van der Waals surface area contributed by atoms with E-state index in [1.807, 2.05) is 100 Å². The first-order chi connectivity index (χ1) is 54.1. The van der Waals surface area contributed by atoms with Crippen LogP contribution < -0.4 is 79.6 Å². The van der Waals surface area contributed by atoms with E-state index in [0.717, 1.165) is 104 Å². The summed E-state index contributed by atoms with van der Waals surface area (Å²) in [5.74, 6) is 0.797. The third kappa shape index (κ3) is 34.5.